The van der Waals surface area contributed by atoms with Crippen LogP contribution in [-0.2, 0) is 24.8 Å². The number of likely N-dealkylation sites (tertiary alicyclic amines) is 1. The SMILES string of the molecule is C[C@H](N=C1NS(=O)(=O)c2ccccc21)C(=O)N1CCC(NS(=O)(=O)c2ccc(F)cc2)CC1. The third kappa shape index (κ3) is 4.92. The summed E-state index contributed by atoms with van der Waals surface area (Å²) >= 11 is 0. The number of amides is 1. The van der Waals surface area contributed by atoms with Gasteiger partial charge in [0.15, 0.2) is 0 Å². The minimum absolute atomic E-state index is 0.0221. The van der Waals surface area contributed by atoms with Gasteiger partial charge in [-0.1, -0.05) is 12.1 Å². The van der Waals surface area contributed by atoms with Gasteiger partial charge in [0.1, 0.15) is 17.7 Å². The summed E-state index contributed by atoms with van der Waals surface area (Å²) in [5.41, 5.74) is 0.422. The Kier molecular flexibility index (Phi) is 6.25. The Morgan fingerprint density at radius 2 is 1.79 bits per heavy atom. The zero-order chi connectivity index (χ0) is 23.8. The summed E-state index contributed by atoms with van der Waals surface area (Å²) in [6, 6.07) is 9.81. The fourth-order valence-electron chi connectivity index (χ4n) is 3.86. The van der Waals surface area contributed by atoms with Crippen LogP contribution in [0, 0.1) is 5.82 Å². The lowest BCUT2D eigenvalue weighted by Crippen LogP contribution is -2.48. The van der Waals surface area contributed by atoms with Crippen LogP contribution in [0.4, 0.5) is 4.39 Å². The molecule has 33 heavy (non-hydrogen) atoms. The first-order valence-electron chi connectivity index (χ1n) is 10.3. The number of rotatable bonds is 5. The summed E-state index contributed by atoms with van der Waals surface area (Å²) < 4.78 is 67.5. The normalized spacial score (nSPS) is 20.3. The fraction of sp³-hybridized carbons (Fsp3) is 0.333. The van der Waals surface area contributed by atoms with Crippen molar-refractivity contribution in [2.24, 2.45) is 4.99 Å². The molecular weight excluding hydrogens is 471 g/mol. The topological polar surface area (TPSA) is 125 Å². The second-order valence-corrected chi connectivity index (χ2v) is 11.3. The molecule has 12 heteroatoms. The van der Waals surface area contributed by atoms with E-state index in [-0.39, 0.29) is 27.6 Å². The maximum atomic E-state index is 13.1. The molecule has 2 aliphatic rings. The summed E-state index contributed by atoms with van der Waals surface area (Å²) in [5.74, 6) is -0.660. The number of piperidine rings is 1. The number of sulfonamides is 2. The number of fused-ring (bicyclic) bond motifs is 1. The lowest BCUT2D eigenvalue weighted by Gasteiger charge is -2.33. The monoisotopic (exact) mass is 494 g/mol. The summed E-state index contributed by atoms with van der Waals surface area (Å²) in [6.45, 7) is 2.24. The van der Waals surface area contributed by atoms with Crippen molar-refractivity contribution in [3.63, 3.8) is 0 Å². The largest absolute Gasteiger partial charge is 0.341 e. The highest BCUT2D eigenvalue weighted by atomic mass is 32.2. The summed E-state index contributed by atoms with van der Waals surface area (Å²) in [7, 11) is -7.49. The maximum absolute atomic E-state index is 13.1. The number of carbonyl (C=O) groups is 1. The first kappa shape index (κ1) is 23.3. The first-order valence-corrected chi connectivity index (χ1v) is 13.3. The number of hydrogen-bond acceptors (Lipinski definition) is 6. The standard InChI is InChI=1S/C21H23FN4O5S2/c1-14(23-20-18-4-2-3-5-19(18)33(30,31)25-20)21(27)26-12-10-16(11-13-26)24-32(28,29)17-8-6-15(22)7-9-17/h2-9,14,16,24H,10-13H2,1H3,(H,23,25)/t14-/m0/s1. The number of aliphatic imine (C=N–C) groups is 1. The van der Waals surface area contributed by atoms with Gasteiger partial charge in [0.25, 0.3) is 10.0 Å². The molecule has 0 aliphatic carbocycles. The first-order chi connectivity index (χ1) is 15.6. The van der Waals surface area contributed by atoms with Gasteiger partial charge in [0.05, 0.1) is 9.79 Å². The van der Waals surface area contributed by atoms with Crippen LogP contribution < -0.4 is 9.44 Å². The number of amidine groups is 1. The van der Waals surface area contributed by atoms with Crippen LogP contribution in [-0.4, -0.2) is 58.7 Å². The Morgan fingerprint density at radius 3 is 2.45 bits per heavy atom. The average Bonchev–Trinajstić information content (AvgIpc) is 3.04. The molecule has 2 N–H and O–H groups in total. The van der Waals surface area contributed by atoms with E-state index in [1.807, 2.05) is 0 Å². The number of nitrogens with one attached hydrogen (secondary N) is 2. The van der Waals surface area contributed by atoms with Crippen molar-refractivity contribution in [2.75, 3.05) is 13.1 Å². The molecule has 0 bridgehead atoms. The van der Waals surface area contributed by atoms with Gasteiger partial charge < -0.3 is 4.90 Å². The molecule has 2 heterocycles. The Balaban J connectivity index is 1.38. The molecule has 176 valence electrons. The Labute approximate surface area is 191 Å². The highest BCUT2D eigenvalue weighted by Gasteiger charge is 2.33. The van der Waals surface area contributed by atoms with E-state index < -0.39 is 31.9 Å². The van der Waals surface area contributed by atoms with Gasteiger partial charge in [0.2, 0.25) is 15.9 Å². The number of halogens is 1. The molecule has 0 aromatic heterocycles. The number of nitrogens with zero attached hydrogens (tertiary/aromatic N) is 2. The molecule has 0 unspecified atom stereocenters. The molecule has 2 aromatic carbocycles. The van der Waals surface area contributed by atoms with E-state index in [1.165, 1.54) is 18.2 Å². The molecule has 2 aromatic rings. The molecule has 1 saturated heterocycles. The van der Waals surface area contributed by atoms with Crippen LogP contribution in [0.15, 0.2) is 63.3 Å². The van der Waals surface area contributed by atoms with Gasteiger partial charge in [-0.2, -0.15) is 0 Å². The number of carbonyl (C=O) groups excluding carboxylic acids is 1. The highest BCUT2D eigenvalue weighted by molar-refractivity contribution is 7.90. The third-order valence-corrected chi connectivity index (χ3v) is 8.53. The predicted octanol–water partition coefficient (Wildman–Crippen LogP) is 1.22. The summed E-state index contributed by atoms with van der Waals surface area (Å²) in [6.07, 6.45) is 0.815. The van der Waals surface area contributed by atoms with Crippen LogP contribution in [0.25, 0.3) is 0 Å². The van der Waals surface area contributed by atoms with E-state index in [4.69, 9.17) is 0 Å². The van der Waals surface area contributed by atoms with Gasteiger partial charge in [-0.3, -0.25) is 14.5 Å². The lowest BCUT2D eigenvalue weighted by atomic mass is 10.1. The molecule has 9 nitrogen and oxygen atoms in total. The molecule has 1 fully saturated rings. The molecular formula is C21H23FN4O5S2. The van der Waals surface area contributed by atoms with Gasteiger partial charge in [0, 0.05) is 24.7 Å². The second-order valence-electron chi connectivity index (χ2n) is 7.93. The lowest BCUT2D eigenvalue weighted by molar-refractivity contribution is -0.133. The quantitative estimate of drug-likeness (QED) is 0.647. The number of hydrogen-bond donors (Lipinski definition) is 2. The molecule has 2 aliphatic heterocycles. The van der Waals surface area contributed by atoms with Gasteiger partial charge in [-0.05, 0) is 56.2 Å². The summed E-state index contributed by atoms with van der Waals surface area (Å²) in [5, 5.41) is 0. The van der Waals surface area contributed by atoms with Crippen LogP contribution in [0.5, 0.6) is 0 Å². The van der Waals surface area contributed by atoms with Crippen molar-refractivity contribution in [3.8, 4) is 0 Å². The average molecular weight is 495 g/mol. The zero-order valence-electron chi connectivity index (χ0n) is 17.7. The Hall–Kier alpha value is -2.83. The minimum Gasteiger partial charge on any atom is -0.341 e. The van der Waals surface area contributed by atoms with Crippen LogP contribution in [0.1, 0.15) is 25.3 Å². The van der Waals surface area contributed by atoms with E-state index in [0.717, 1.165) is 12.1 Å². The van der Waals surface area contributed by atoms with Crippen LogP contribution in [0.2, 0.25) is 0 Å². The highest BCUT2D eigenvalue weighted by Crippen LogP contribution is 2.23. The second kappa shape index (κ2) is 8.84. The molecule has 1 atom stereocenters. The van der Waals surface area contributed by atoms with E-state index in [1.54, 1.807) is 30.0 Å². The van der Waals surface area contributed by atoms with Gasteiger partial charge >= 0.3 is 0 Å². The van der Waals surface area contributed by atoms with E-state index in [0.29, 0.717) is 31.5 Å². The van der Waals surface area contributed by atoms with Crippen molar-refractivity contribution >= 4 is 31.8 Å². The predicted molar refractivity (Wildman–Crippen MR) is 119 cm³/mol. The van der Waals surface area contributed by atoms with Crippen LogP contribution in [0.3, 0.4) is 0 Å². The van der Waals surface area contributed by atoms with Gasteiger partial charge in [-0.25, -0.2) is 25.9 Å². The van der Waals surface area contributed by atoms with Crippen molar-refractivity contribution in [2.45, 2.75) is 41.6 Å². The smallest absolute Gasteiger partial charge is 0.263 e. The Bertz CT molecular complexity index is 1300. The van der Waals surface area contributed by atoms with Crippen LogP contribution >= 0.6 is 0 Å². The molecule has 4 rings (SSSR count). The minimum atomic E-state index is -3.79. The van der Waals surface area contributed by atoms with Crippen molar-refractivity contribution in [1.82, 2.24) is 14.3 Å². The van der Waals surface area contributed by atoms with Crippen molar-refractivity contribution < 1.29 is 26.0 Å². The van der Waals surface area contributed by atoms with E-state index in [9.17, 15) is 26.0 Å². The molecule has 0 spiro atoms. The zero-order valence-corrected chi connectivity index (χ0v) is 19.4. The van der Waals surface area contributed by atoms with Crippen molar-refractivity contribution in [1.29, 1.82) is 0 Å². The fourth-order valence-corrected chi connectivity index (χ4v) is 6.41. The molecule has 0 saturated carbocycles. The molecule has 1 amide bonds. The van der Waals surface area contributed by atoms with E-state index >= 15 is 0 Å². The van der Waals surface area contributed by atoms with Crippen molar-refractivity contribution in [3.05, 3.63) is 59.9 Å². The maximum Gasteiger partial charge on any atom is 0.263 e. The molecule has 0 radical (unpaired) electrons. The summed E-state index contributed by atoms with van der Waals surface area (Å²) in [4.78, 5) is 18.9. The number of benzene rings is 2. The van der Waals surface area contributed by atoms with Gasteiger partial charge in [-0.15, -0.1) is 0 Å². The Morgan fingerprint density at radius 1 is 1.15 bits per heavy atom. The van der Waals surface area contributed by atoms with E-state index in [2.05, 4.69) is 14.4 Å². The third-order valence-electron chi connectivity index (χ3n) is 5.60.